The van der Waals surface area contributed by atoms with Crippen molar-refractivity contribution in [3.05, 3.63) is 31.9 Å². The fourth-order valence-corrected chi connectivity index (χ4v) is 5.02. The van der Waals surface area contributed by atoms with Crippen LogP contribution >= 0.6 is 34.3 Å². The molecule has 0 radical (unpaired) electrons. The first kappa shape index (κ1) is 20.1. The molecular weight excluding hydrogens is 406 g/mol. The van der Waals surface area contributed by atoms with Gasteiger partial charge < -0.3 is 9.64 Å². The van der Waals surface area contributed by atoms with E-state index < -0.39 is 0 Å². The summed E-state index contributed by atoms with van der Waals surface area (Å²) in [6.45, 7) is 5.11. The van der Waals surface area contributed by atoms with Crippen molar-refractivity contribution in [3.63, 3.8) is 0 Å². The van der Waals surface area contributed by atoms with Gasteiger partial charge in [0, 0.05) is 16.3 Å². The number of likely N-dealkylation sites (tertiary alicyclic amines) is 1. The first-order valence-corrected chi connectivity index (χ1v) is 11.0. The van der Waals surface area contributed by atoms with Gasteiger partial charge in [0.1, 0.15) is 4.34 Å². The second-order valence-electron chi connectivity index (χ2n) is 6.36. The van der Waals surface area contributed by atoms with Crippen molar-refractivity contribution in [2.24, 2.45) is 0 Å². The summed E-state index contributed by atoms with van der Waals surface area (Å²) in [5, 5.41) is 3.25. The van der Waals surface area contributed by atoms with Crippen LogP contribution in [-0.2, 0) is 4.74 Å². The number of anilines is 1. The SMILES string of the molecule is CCCCOC(=O)N1CCCC1c1cc(C(=O)Nc2ncc(Cl)s2)c(C)s1. The summed E-state index contributed by atoms with van der Waals surface area (Å²) in [6, 6.07) is 1.85. The van der Waals surface area contributed by atoms with Crippen LogP contribution in [0.15, 0.2) is 12.3 Å². The van der Waals surface area contributed by atoms with Gasteiger partial charge >= 0.3 is 6.09 Å². The summed E-state index contributed by atoms with van der Waals surface area (Å²) in [7, 11) is 0. The molecule has 0 aliphatic carbocycles. The van der Waals surface area contributed by atoms with Gasteiger partial charge in [0.2, 0.25) is 0 Å². The lowest BCUT2D eigenvalue weighted by molar-refractivity contribution is 0.0973. The van der Waals surface area contributed by atoms with Gasteiger partial charge in [-0.15, -0.1) is 11.3 Å². The molecule has 0 spiro atoms. The van der Waals surface area contributed by atoms with E-state index in [0.717, 1.165) is 35.4 Å². The largest absolute Gasteiger partial charge is 0.449 e. The van der Waals surface area contributed by atoms with Crippen LogP contribution in [0.3, 0.4) is 0 Å². The van der Waals surface area contributed by atoms with E-state index in [4.69, 9.17) is 16.3 Å². The molecule has 2 amide bonds. The average Bonchev–Trinajstić information content (AvgIpc) is 3.34. The Morgan fingerprint density at radius 3 is 2.96 bits per heavy atom. The molecule has 2 aromatic heterocycles. The van der Waals surface area contributed by atoms with Crippen LogP contribution in [0.1, 0.15) is 58.8 Å². The first-order valence-electron chi connectivity index (χ1n) is 8.96. The lowest BCUT2D eigenvalue weighted by atomic mass is 10.1. The molecule has 0 bridgehead atoms. The van der Waals surface area contributed by atoms with Crippen molar-refractivity contribution >= 4 is 51.4 Å². The fraction of sp³-hybridized carbons (Fsp3) is 0.500. The van der Waals surface area contributed by atoms with Crippen molar-refractivity contribution in [1.29, 1.82) is 0 Å². The number of amides is 2. The number of aromatic nitrogens is 1. The van der Waals surface area contributed by atoms with E-state index in [9.17, 15) is 9.59 Å². The minimum absolute atomic E-state index is 0.0290. The van der Waals surface area contributed by atoms with Crippen LogP contribution in [0.25, 0.3) is 0 Å². The second kappa shape index (κ2) is 9.03. The molecule has 3 rings (SSSR count). The lowest BCUT2D eigenvalue weighted by Gasteiger charge is -2.23. The number of halogens is 1. The minimum Gasteiger partial charge on any atom is -0.449 e. The van der Waals surface area contributed by atoms with Crippen molar-refractivity contribution in [3.8, 4) is 0 Å². The zero-order valence-corrected chi connectivity index (χ0v) is 17.7. The third-order valence-electron chi connectivity index (χ3n) is 4.42. The molecule has 2 aromatic rings. The van der Waals surface area contributed by atoms with Gasteiger partial charge in [-0.2, -0.15) is 0 Å². The van der Waals surface area contributed by atoms with Crippen molar-refractivity contribution in [1.82, 2.24) is 9.88 Å². The third kappa shape index (κ3) is 4.80. The Labute approximate surface area is 171 Å². The Morgan fingerprint density at radius 2 is 2.26 bits per heavy atom. The maximum absolute atomic E-state index is 12.6. The standard InChI is InChI=1S/C18H22ClN3O3S2/c1-3-4-8-25-18(24)22-7-5-6-13(22)14-9-12(11(2)26-14)16(23)21-17-20-10-15(19)27-17/h9-10,13H,3-8H2,1-2H3,(H,20,21,23). The van der Waals surface area contributed by atoms with E-state index in [2.05, 4.69) is 17.2 Å². The van der Waals surface area contributed by atoms with Gasteiger partial charge in [0.15, 0.2) is 5.13 Å². The number of unbranched alkanes of at least 4 members (excludes halogenated alkanes) is 1. The zero-order valence-electron chi connectivity index (χ0n) is 15.3. The fourth-order valence-electron chi connectivity index (χ4n) is 3.04. The normalized spacial score (nSPS) is 16.6. The molecule has 27 heavy (non-hydrogen) atoms. The van der Waals surface area contributed by atoms with E-state index >= 15 is 0 Å². The maximum atomic E-state index is 12.6. The molecule has 9 heteroatoms. The molecule has 146 valence electrons. The Bertz CT molecular complexity index is 821. The quantitative estimate of drug-likeness (QED) is 0.618. The van der Waals surface area contributed by atoms with Crippen molar-refractivity contribution in [2.75, 3.05) is 18.5 Å². The van der Waals surface area contributed by atoms with Crippen LogP contribution < -0.4 is 5.32 Å². The summed E-state index contributed by atoms with van der Waals surface area (Å²) in [4.78, 5) is 32.7. The highest BCUT2D eigenvalue weighted by Gasteiger charge is 2.33. The van der Waals surface area contributed by atoms with Crippen LogP contribution in [0.4, 0.5) is 9.93 Å². The number of aryl methyl sites for hydroxylation is 1. The van der Waals surface area contributed by atoms with Crippen LogP contribution in [0.2, 0.25) is 4.34 Å². The molecule has 3 heterocycles. The van der Waals surface area contributed by atoms with E-state index in [0.29, 0.717) is 28.2 Å². The summed E-state index contributed by atoms with van der Waals surface area (Å²) >= 11 is 8.63. The minimum atomic E-state index is -0.263. The van der Waals surface area contributed by atoms with Gasteiger partial charge in [0.05, 0.1) is 24.4 Å². The number of rotatable bonds is 6. The number of carbonyl (C=O) groups excluding carboxylic acids is 2. The maximum Gasteiger partial charge on any atom is 0.410 e. The Kier molecular flexibility index (Phi) is 6.73. The summed E-state index contributed by atoms with van der Waals surface area (Å²) in [5.74, 6) is -0.212. The summed E-state index contributed by atoms with van der Waals surface area (Å²) in [5.41, 5.74) is 0.604. The van der Waals surface area contributed by atoms with E-state index in [-0.39, 0.29) is 18.0 Å². The van der Waals surface area contributed by atoms with Crippen molar-refractivity contribution in [2.45, 2.75) is 45.6 Å². The number of hydrogen-bond donors (Lipinski definition) is 1. The Morgan fingerprint density at radius 1 is 1.44 bits per heavy atom. The Balaban J connectivity index is 1.70. The van der Waals surface area contributed by atoms with E-state index in [1.807, 2.05) is 13.0 Å². The molecule has 1 N–H and O–H groups in total. The number of hydrogen-bond acceptors (Lipinski definition) is 6. The number of thiazole rings is 1. The van der Waals surface area contributed by atoms with E-state index in [1.165, 1.54) is 17.5 Å². The molecule has 1 aliphatic rings. The predicted octanol–water partition coefficient (Wildman–Crippen LogP) is 5.49. The zero-order chi connectivity index (χ0) is 19.4. The molecule has 1 aliphatic heterocycles. The summed E-state index contributed by atoms with van der Waals surface area (Å²) < 4.78 is 5.90. The number of carbonyl (C=O) groups is 2. The number of nitrogens with one attached hydrogen (secondary N) is 1. The van der Waals surface area contributed by atoms with Gasteiger partial charge in [-0.1, -0.05) is 36.3 Å². The number of nitrogens with zero attached hydrogens (tertiary/aromatic N) is 2. The van der Waals surface area contributed by atoms with Gasteiger partial charge in [-0.3, -0.25) is 10.1 Å². The van der Waals surface area contributed by atoms with Crippen LogP contribution in [0, 0.1) is 6.92 Å². The Hall–Kier alpha value is -1.64. The molecular formula is C18H22ClN3O3S2. The lowest BCUT2D eigenvalue weighted by Crippen LogP contribution is -2.31. The third-order valence-corrected chi connectivity index (χ3v) is 6.60. The number of thiophene rings is 1. The predicted molar refractivity (Wildman–Crippen MR) is 109 cm³/mol. The second-order valence-corrected chi connectivity index (χ2v) is 9.31. The van der Waals surface area contributed by atoms with E-state index in [1.54, 1.807) is 16.2 Å². The van der Waals surface area contributed by atoms with Gasteiger partial charge in [-0.25, -0.2) is 9.78 Å². The molecule has 1 fully saturated rings. The van der Waals surface area contributed by atoms with Crippen LogP contribution in [0.5, 0.6) is 0 Å². The van der Waals surface area contributed by atoms with Crippen molar-refractivity contribution < 1.29 is 14.3 Å². The summed E-state index contributed by atoms with van der Waals surface area (Å²) in [6.07, 6.45) is 4.92. The molecule has 1 saturated heterocycles. The van der Waals surface area contributed by atoms with Crippen LogP contribution in [-0.4, -0.2) is 35.0 Å². The smallest absolute Gasteiger partial charge is 0.410 e. The highest BCUT2D eigenvalue weighted by Crippen LogP contribution is 2.38. The van der Waals surface area contributed by atoms with Gasteiger partial charge in [-0.05, 0) is 32.3 Å². The average molecular weight is 428 g/mol. The molecule has 0 saturated carbocycles. The monoisotopic (exact) mass is 427 g/mol. The molecule has 0 aromatic carbocycles. The first-order chi connectivity index (χ1) is 13.0. The molecule has 6 nitrogen and oxygen atoms in total. The van der Waals surface area contributed by atoms with Gasteiger partial charge in [0.25, 0.3) is 5.91 Å². The molecule has 1 unspecified atom stereocenters. The topological polar surface area (TPSA) is 71.5 Å². The molecule has 1 atom stereocenters. The highest BCUT2D eigenvalue weighted by molar-refractivity contribution is 7.19. The highest BCUT2D eigenvalue weighted by atomic mass is 35.5. The number of ether oxygens (including phenoxy) is 1.